The van der Waals surface area contributed by atoms with Gasteiger partial charge in [-0.1, -0.05) is 91.8 Å². The third kappa shape index (κ3) is 5.75. The summed E-state index contributed by atoms with van der Waals surface area (Å²) in [6, 6.07) is 13.3. The van der Waals surface area contributed by atoms with Crippen LogP contribution in [0.1, 0.15) is 132 Å². The Labute approximate surface area is 232 Å². The molecule has 0 amide bonds. The number of aromatic nitrogens is 2. The second-order valence-corrected chi connectivity index (χ2v) is 11.7. The van der Waals surface area contributed by atoms with E-state index >= 15 is 0 Å². The topological polar surface area (TPSA) is 35.3 Å². The summed E-state index contributed by atoms with van der Waals surface area (Å²) in [6.45, 7) is 28.7. The quantitative estimate of drug-likeness (QED) is 0.155. The SMILES string of the molecule is CCn1c(C)c(C)[n+](CC)c1C(=Nc1c(C(C)C)cccc1C(C)C)[N-]c1c(C(C)C)cccc1C(C)C. The minimum atomic E-state index is 0.364. The third-order valence-corrected chi connectivity index (χ3v) is 7.80. The zero-order valence-electron chi connectivity index (χ0n) is 26.0. The third-order valence-electron chi connectivity index (χ3n) is 7.80. The van der Waals surface area contributed by atoms with Crippen molar-refractivity contribution in [3.05, 3.63) is 81.2 Å². The van der Waals surface area contributed by atoms with Gasteiger partial charge in [-0.15, -0.1) is 0 Å². The highest BCUT2D eigenvalue weighted by Gasteiger charge is 2.26. The number of aliphatic imine (C=N–C) groups is 1. The summed E-state index contributed by atoms with van der Waals surface area (Å²) < 4.78 is 4.78. The van der Waals surface area contributed by atoms with Crippen molar-refractivity contribution in [1.82, 2.24) is 4.57 Å². The van der Waals surface area contributed by atoms with E-state index in [-0.39, 0.29) is 0 Å². The molecule has 1 aromatic heterocycles. The summed E-state index contributed by atoms with van der Waals surface area (Å²) in [7, 11) is 0. The molecule has 0 aliphatic heterocycles. The fraction of sp³-hybridized carbons (Fsp3) is 0.529. The van der Waals surface area contributed by atoms with Crippen LogP contribution in [0.25, 0.3) is 5.32 Å². The predicted octanol–water partition coefficient (Wildman–Crippen LogP) is 9.71. The molecule has 0 unspecified atom stereocenters. The lowest BCUT2D eigenvalue weighted by Gasteiger charge is -2.28. The van der Waals surface area contributed by atoms with Gasteiger partial charge in [0.25, 0.3) is 5.82 Å². The molecule has 0 aliphatic rings. The fourth-order valence-electron chi connectivity index (χ4n) is 5.49. The van der Waals surface area contributed by atoms with Crippen LogP contribution < -0.4 is 4.57 Å². The number of benzene rings is 2. The minimum absolute atomic E-state index is 0.364. The van der Waals surface area contributed by atoms with Gasteiger partial charge in [-0.2, -0.15) is 0 Å². The first-order valence-electron chi connectivity index (χ1n) is 14.6. The Morgan fingerprint density at radius 2 is 1.21 bits per heavy atom. The minimum Gasteiger partial charge on any atom is -0.429 e. The molecule has 0 fully saturated rings. The molecular weight excluding hydrogens is 464 g/mol. The van der Waals surface area contributed by atoms with E-state index in [1.165, 1.54) is 33.6 Å². The van der Waals surface area contributed by atoms with Crippen molar-refractivity contribution in [2.24, 2.45) is 4.99 Å². The van der Waals surface area contributed by atoms with E-state index in [9.17, 15) is 0 Å². The van der Waals surface area contributed by atoms with Crippen molar-refractivity contribution in [3.8, 4) is 0 Å². The summed E-state index contributed by atoms with van der Waals surface area (Å²) in [4.78, 5) is 5.55. The Kier molecular flexibility index (Phi) is 9.62. The molecule has 2 aromatic carbocycles. The highest BCUT2D eigenvalue weighted by atomic mass is 15.2. The van der Waals surface area contributed by atoms with Crippen LogP contribution in [0.5, 0.6) is 0 Å². The lowest BCUT2D eigenvalue weighted by atomic mass is 9.92. The number of para-hydroxylation sites is 2. The summed E-state index contributed by atoms with van der Waals surface area (Å²) in [5.41, 5.74) is 9.79. The molecule has 0 radical (unpaired) electrons. The van der Waals surface area contributed by atoms with Crippen molar-refractivity contribution in [2.75, 3.05) is 0 Å². The first-order chi connectivity index (χ1) is 17.9. The molecule has 3 aromatic rings. The van der Waals surface area contributed by atoms with Gasteiger partial charge in [0.2, 0.25) is 0 Å². The van der Waals surface area contributed by atoms with Gasteiger partial charge in [-0.25, -0.2) is 9.13 Å². The van der Waals surface area contributed by atoms with Crippen LogP contribution in [0.4, 0.5) is 11.4 Å². The van der Waals surface area contributed by atoms with Gasteiger partial charge >= 0.3 is 0 Å². The van der Waals surface area contributed by atoms with E-state index in [2.05, 4.69) is 129 Å². The van der Waals surface area contributed by atoms with E-state index in [4.69, 9.17) is 10.3 Å². The molecule has 0 aliphatic carbocycles. The Bertz CT molecular complexity index is 1210. The van der Waals surface area contributed by atoms with E-state index in [0.717, 1.165) is 36.1 Å². The summed E-state index contributed by atoms with van der Waals surface area (Å²) >= 11 is 0. The van der Waals surface area contributed by atoms with Crippen LogP contribution in [-0.4, -0.2) is 10.4 Å². The molecule has 1 heterocycles. The highest BCUT2D eigenvalue weighted by Crippen LogP contribution is 2.41. The lowest BCUT2D eigenvalue weighted by Crippen LogP contribution is -2.41. The van der Waals surface area contributed by atoms with Crippen LogP contribution in [0.2, 0.25) is 0 Å². The summed E-state index contributed by atoms with van der Waals surface area (Å²) in [6.07, 6.45) is 0. The maximum Gasteiger partial charge on any atom is 0.281 e. The first kappa shape index (κ1) is 29.7. The van der Waals surface area contributed by atoms with Crippen LogP contribution in [-0.2, 0) is 13.1 Å². The number of hydrogen-bond acceptors (Lipinski definition) is 1. The fourth-order valence-corrected chi connectivity index (χ4v) is 5.49. The number of rotatable bonds is 9. The van der Waals surface area contributed by atoms with Gasteiger partial charge in [0.1, 0.15) is 11.4 Å². The Balaban J connectivity index is 2.47. The van der Waals surface area contributed by atoms with Gasteiger partial charge in [-0.05, 0) is 71.1 Å². The maximum atomic E-state index is 5.55. The molecule has 0 spiro atoms. The Morgan fingerprint density at radius 1 is 0.763 bits per heavy atom. The van der Waals surface area contributed by atoms with Crippen molar-refractivity contribution in [1.29, 1.82) is 0 Å². The number of amidine groups is 1. The molecule has 38 heavy (non-hydrogen) atoms. The zero-order chi connectivity index (χ0) is 28.3. The number of imidazole rings is 1. The molecule has 206 valence electrons. The van der Waals surface area contributed by atoms with Gasteiger partial charge in [0.15, 0.2) is 0 Å². The van der Waals surface area contributed by atoms with E-state index < -0.39 is 0 Å². The average Bonchev–Trinajstić information content (AvgIpc) is 3.11. The predicted molar refractivity (Wildman–Crippen MR) is 164 cm³/mol. The van der Waals surface area contributed by atoms with Crippen molar-refractivity contribution in [2.45, 2.75) is 120 Å². The van der Waals surface area contributed by atoms with Gasteiger partial charge in [-0.3, -0.25) is 0 Å². The zero-order valence-corrected chi connectivity index (χ0v) is 26.0. The van der Waals surface area contributed by atoms with Crippen LogP contribution in [0.3, 0.4) is 0 Å². The summed E-state index contributed by atoms with van der Waals surface area (Å²) in [5.74, 6) is 3.34. The molecule has 4 nitrogen and oxygen atoms in total. The average molecular weight is 515 g/mol. The standard InChI is InChI=1S/C34H50N4/c1-13-37-25(11)26(12)38(14-2)34(37)33(35-31-27(21(3)4)17-15-18-28(31)22(5)6)36-32-29(23(7)8)19-16-20-30(32)24(9)10/h15-24H,13-14H2,1-12H3. The molecule has 0 bridgehead atoms. The Hall–Kier alpha value is -2.88. The van der Waals surface area contributed by atoms with Crippen LogP contribution in [0.15, 0.2) is 41.4 Å². The molecule has 0 saturated carbocycles. The molecule has 0 saturated heterocycles. The smallest absolute Gasteiger partial charge is 0.281 e. The van der Waals surface area contributed by atoms with E-state index in [1.54, 1.807) is 0 Å². The lowest BCUT2D eigenvalue weighted by molar-refractivity contribution is -0.700. The maximum absolute atomic E-state index is 5.55. The highest BCUT2D eigenvalue weighted by molar-refractivity contribution is 6.12. The molecule has 0 N–H and O–H groups in total. The van der Waals surface area contributed by atoms with E-state index in [1.807, 2.05) is 0 Å². The summed E-state index contributed by atoms with van der Waals surface area (Å²) in [5, 5.41) is 5.55. The van der Waals surface area contributed by atoms with Crippen LogP contribution >= 0.6 is 0 Å². The van der Waals surface area contributed by atoms with Crippen molar-refractivity contribution in [3.63, 3.8) is 0 Å². The number of nitrogens with zero attached hydrogens (tertiary/aromatic N) is 4. The monoisotopic (exact) mass is 514 g/mol. The molecule has 0 atom stereocenters. The second kappa shape index (κ2) is 12.3. The largest absolute Gasteiger partial charge is 0.429 e. The first-order valence-corrected chi connectivity index (χ1v) is 14.6. The van der Waals surface area contributed by atoms with Gasteiger partial charge in [0, 0.05) is 19.7 Å². The molecular formula is C34H50N4. The van der Waals surface area contributed by atoms with Crippen LogP contribution in [0, 0.1) is 13.8 Å². The number of hydrogen-bond donors (Lipinski definition) is 0. The molecule has 3 rings (SSSR count). The van der Waals surface area contributed by atoms with Gasteiger partial charge < -0.3 is 10.3 Å². The van der Waals surface area contributed by atoms with E-state index in [0.29, 0.717) is 23.7 Å². The second-order valence-electron chi connectivity index (χ2n) is 11.7. The normalized spacial score (nSPS) is 12.5. The Morgan fingerprint density at radius 3 is 1.61 bits per heavy atom. The van der Waals surface area contributed by atoms with Crippen molar-refractivity contribution < 1.29 is 4.57 Å². The van der Waals surface area contributed by atoms with Gasteiger partial charge in [0.05, 0.1) is 13.1 Å². The molecule has 4 heteroatoms. The van der Waals surface area contributed by atoms with Crippen molar-refractivity contribution >= 4 is 17.2 Å².